The molecule has 1 saturated heterocycles. The third kappa shape index (κ3) is 2.39. The molecule has 1 N–H and O–H groups in total. The van der Waals surface area contributed by atoms with E-state index in [0.29, 0.717) is 19.4 Å². The molecule has 0 radical (unpaired) electrons. The molecule has 0 aromatic carbocycles. The largest absolute Gasteiger partial charge is 0.479 e. The van der Waals surface area contributed by atoms with Gasteiger partial charge in [0.15, 0.2) is 5.60 Å². The van der Waals surface area contributed by atoms with Gasteiger partial charge in [-0.05, 0) is 22.4 Å². The summed E-state index contributed by atoms with van der Waals surface area (Å²) in [6.45, 7) is 0.560. The smallest absolute Gasteiger partial charge is 0.337 e. The number of amides is 1. The molecule has 1 aliphatic heterocycles. The average molecular weight is 269 g/mol. The number of ether oxygens (including phenoxy) is 1. The van der Waals surface area contributed by atoms with Crippen LogP contribution in [0, 0.1) is 0 Å². The Hall–Kier alpha value is -1.40. The summed E-state index contributed by atoms with van der Waals surface area (Å²) in [6, 6.07) is 1.90. The molecule has 2 rings (SSSR count). The van der Waals surface area contributed by atoms with Crippen molar-refractivity contribution in [2.45, 2.75) is 18.4 Å². The number of hydrogen-bond donors (Lipinski definition) is 1. The zero-order valence-corrected chi connectivity index (χ0v) is 10.9. The minimum absolute atomic E-state index is 0.0476. The fourth-order valence-electron chi connectivity index (χ4n) is 2.10. The number of aliphatic carboxylic acids is 1. The second-order valence-electron chi connectivity index (χ2n) is 4.38. The Bertz CT molecular complexity index is 445. The van der Waals surface area contributed by atoms with Crippen LogP contribution in [0.3, 0.4) is 0 Å². The van der Waals surface area contributed by atoms with E-state index in [1.807, 2.05) is 16.8 Å². The number of carboxylic acids is 1. The lowest BCUT2D eigenvalue weighted by atomic mass is 10.0. The highest BCUT2D eigenvalue weighted by molar-refractivity contribution is 7.07. The monoisotopic (exact) mass is 269 g/mol. The van der Waals surface area contributed by atoms with Gasteiger partial charge in [-0.3, -0.25) is 4.79 Å². The van der Waals surface area contributed by atoms with Gasteiger partial charge < -0.3 is 14.7 Å². The van der Waals surface area contributed by atoms with Crippen molar-refractivity contribution in [3.8, 4) is 0 Å². The predicted octanol–water partition coefficient (Wildman–Crippen LogP) is 0.993. The van der Waals surface area contributed by atoms with Crippen molar-refractivity contribution in [2.24, 2.45) is 0 Å². The summed E-state index contributed by atoms with van der Waals surface area (Å²) in [7, 11) is 1.38. The van der Waals surface area contributed by atoms with E-state index in [9.17, 15) is 9.59 Å². The van der Waals surface area contributed by atoms with Crippen molar-refractivity contribution in [3.63, 3.8) is 0 Å². The number of rotatable bonds is 4. The van der Waals surface area contributed by atoms with Gasteiger partial charge in [0.1, 0.15) is 0 Å². The fraction of sp³-hybridized carbons (Fsp3) is 0.500. The molecule has 1 fully saturated rings. The van der Waals surface area contributed by atoms with Gasteiger partial charge in [0.25, 0.3) is 0 Å². The van der Waals surface area contributed by atoms with Gasteiger partial charge >= 0.3 is 5.97 Å². The highest BCUT2D eigenvalue weighted by atomic mass is 32.1. The molecule has 6 heteroatoms. The molecule has 5 nitrogen and oxygen atoms in total. The number of methoxy groups -OCH3 is 1. The number of carbonyl (C=O) groups excluding carboxylic acids is 1. The first-order valence-corrected chi connectivity index (χ1v) is 6.59. The zero-order chi connectivity index (χ0) is 13.2. The Labute approximate surface area is 109 Å². The van der Waals surface area contributed by atoms with Gasteiger partial charge in [0.05, 0.1) is 13.0 Å². The Balaban J connectivity index is 2.00. The maximum absolute atomic E-state index is 12.0. The number of likely N-dealkylation sites (tertiary alicyclic amines) is 1. The van der Waals surface area contributed by atoms with Crippen LogP contribution >= 0.6 is 11.3 Å². The molecular formula is C12H15NO4S. The van der Waals surface area contributed by atoms with Gasteiger partial charge in [-0.2, -0.15) is 11.3 Å². The lowest BCUT2D eigenvalue weighted by molar-refractivity contribution is -0.160. The average Bonchev–Trinajstić information content (AvgIpc) is 2.97. The number of hydrogen-bond acceptors (Lipinski definition) is 4. The minimum atomic E-state index is -1.23. The first kappa shape index (κ1) is 13.0. The molecule has 0 saturated carbocycles. The standard InChI is InChI=1S/C12H15NO4S/c1-17-12(11(15)16)3-4-13(8-12)10(14)6-9-2-5-18-7-9/h2,5,7H,3-4,6,8H2,1H3,(H,15,16). The fourth-order valence-corrected chi connectivity index (χ4v) is 2.77. The Morgan fingerprint density at radius 3 is 2.89 bits per heavy atom. The maximum atomic E-state index is 12.0. The van der Waals surface area contributed by atoms with Crippen molar-refractivity contribution >= 4 is 23.2 Å². The van der Waals surface area contributed by atoms with E-state index in [2.05, 4.69) is 0 Å². The Kier molecular flexibility index (Phi) is 3.68. The van der Waals surface area contributed by atoms with Crippen LogP contribution in [0.25, 0.3) is 0 Å². The molecular weight excluding hydrogens is 254 g/mol. The number of nitrogens with zero attached hydrogens (tertiary/aromatic N) is 1. The van der Waals surface area contributed by atoms with Gasteiger partial charge in [0, 0.05) is 20.1 Å². The van der Waals surface area contributed by atoms with E-state index in [1.54, 1.807) is 16.2 Å². The number of carboxylic acid groups (broad SMARTS) is 1. The molecule has 1 aliphatic rings. The van der Waals surface area contributed by atoms with E-state index in [4.69, 9.17) is 9.84 Å². The van der Waals surface area contributed by atoms with Crippen LogP contribution < -0.4 is 0 Å². The maximum Gasteiger partial charge on any atom is 0.337 e. The zero-order valence-electron chi connectivity index (χ0n) is 10.1. The van der Waals surface area contributed by atoms with Crippen LogP contribution in [-0.4, -0.2) is 47.7 Å². The van der Waals surface area contributed by atoms with Crippen LogP contribution in [-0.2, 0) is 20.7 Å². The van der Waals surface area contributed by atoms with Crippen LogP contribution in [0.4, 0.5) is 0 Å². The van der Waals surface area contributed by atoms with Crippen molar-refractivity contribution in [1.29, 1.82) is 0 Å². The van der Waals surface area contributed by atoms with E-state index >= 15 is 0 Å². The van der Waals surface area contributed by atoms with Crippen LogP contribution in [0.15, 0.2) is 16.8 Å². The van der Waals surface area contributed by atoms with E-state index < -0.39 is 11.6 Å². The van der Waals surface area contributed by atoms with Crippen LogP contribution in [0.2, 0.25) is 0 Å². The summed E-state index contributed by atoms with van der Waals surface area (Å²) in [5.74, 6) is -1.05. The summed E-state index contributed by atoms with van der Waals surface area (Å²) in [5.41, 5.74) is -0.264. The molecule has 2 heterocycles. The van der Waals surface area contributed by atoms with Gasteiger partial charge in [0.2, 0.25) is 5.91 Å². The molecule has 1 amide bonds. The second-order valence-corrected chi connectivity index (χ2v) is 5.16. The lowest BCUT2D eigenvalue weighted by Gasteiger charge is -2.23. The predicted molar refractivity (Wildman–Crippen MR) is 66.6 cm³/mol. The molecule has 1 unspecified atom stereocenters. The lowest BCUT2D eigenvalue weighted by Crippen LogP contribution is -2.44. The SMILES string of the molecule is COC1(C(=O)O)CCN(C(=O)Cc2ccsc2)C1. The Morgan fingerprint density at radius 2 is 2.39 bits per heavy atom. The summed E-state index contributed by atoms with van der Waals surface area (Å²) in [4.78, 5) is 24.8. The highest BCUT2D eigenvalue weighted by Crippen LogP contribution is 2.25. The topological polar surface area (TPSA) is 66.8 Å². The van der Waals surface area contributed by atoms with E-state index in [-0.39, 0.29) is 12.5 Å². The van der Waals surface area contributed by atoms with Crippen molar-refractivity contribution in [3.05, 3.63) is 22.4 Å². The van der Waals surface area contributed by atoms with Gasteiger partial charge in [-0.25, -0.2) is 4.79 Å². The summed E-state index contributed by atoms with van der Waals surface area (Å²) in [6.07, 6.45) is 0.664. The van der Waals surface area contributed by atoms with Crippen molar-refractivity contribution < 1.29 is 19.4 Å². The van der Waals surface area contributed by atoms with Crippen molar-refractivity contribution in [1.82, 2.24) is 4.90 Å². The normalized spacial score (nSPS) is 23.3. The number of carbonyl (C=O) groups is 2. The molecule has 0 spiro atoms. The summed E-state index contributed by atoms with van der Waals surface area (Å²) < 4.78 is 5.08. The number of thiophene rings is 1. The highest BCUT2D eigenvalue weighted by Gasteiger charge is 2.46. The molecule has 0 bridgehead atoms. The molecule has 1 aromatic rings. The van der Waals surface area contributed by atoms with E-state index in [1.165, 1.54) is 7.11 Å². The van der Waals surface area contributed by atoms with Gasteiger partial charge in [-0.15, -0.1) is 0 Å². The molecule has 1 aromatic heterocycles. The van der Waals surface area contributed by atoms with Crippen molar-refractivity contribution in [2.75, 3.05) is 20.2 Å². The third-order valence-corrected chi connectivity index (χ3v) is 4.03. The molecule has 0 aliphatic carbocycles. The first-order valence-electron chi connectivity index (χ1n) is 5.65. The molecule has 1 atom stereocenters. The Morgan fingerprint density at radius 1 is 1.61 bits per heavy atom. The minimum Gasteiger partial charge on any atom is -0.479 e. The van der Waals surface area contributed by atoms with Crippen LogP contribution in [0.5, 0.6) is 0 Å². The van der Waals surface area contributed by atoms with Crippen LogP contribution in [0.1, 0.15) is 12.0 Å². The second kappa shape index (κ2) is 5.07. The first-order chi connectivity index (χ1) is 8.57. The van der Waals surface area contributed by atoms with Gasteiger partial charge in [-0.1, -0.05) is 0 Å². The van der Waals surface area contributed by atoms with E-state index in [0.717, 1.165) is 5.56 Å². The molecule has 18 heavy (non-hydrogen) atoms. The summed E-state index contributed by atoms with van der Waals surface area (Å²) in [5, 5.41) is 13.0. The third-order valence-electron chi connectivity index (χ3n) is 3.30. The molecule has 98 valence electrons. The summed E-state index contributed by atoms with van der Waals surface area (Å²) >= 11 is 1.54. The quantitative estimate of drug-likeness (QED) is 0.885.